The van der Waals surface area contributed by atoms with E-state index in [0.29, 0.717) is 37.4 Å². The lowest BCUT2D eigenvalue weighted by molar-refractivity contribution is -0.134. The van der Waals surface area contributed by atoms with Gasteiger partial charge in [0.05, 0.1) is 11.3 Å². The number of hydrogen-bond acceptors (Lipinski definition) is 4. The zero-order chi connectivity index (χ0) is 18.9. The van der Waals surface area contributed by atoms with Gasteiger partial charge in [0.1, 0.15) is 17.2 Å². The van der Waals surface area contributed by atoms with Crippen LogP contribution in [0.15, 0.2) is 48.5 Å². The highest BCUT2D eigenvalue weighted by Crippen LogP contribution is 2.32. The highest BCUT2D eigenvalue weighted by Gasteiger charge is 2.41. The standard InChI is InChI=1S/C20H20FN3O3/c21-15-7-4-8-16-18(15)19(26)23-20(22-16)9-11-24(12-10-20)17(25)13-27-14-5-2-1-3-6-14/h1-8,22H,9-13H2,(H,23,26). The zero-order valence-corrected chi connectivity index (χ0v) is 14.7. The third-order valence-corrected chi connectivity index (χ3v) is 5.04. The highest BCUT2D eigenvalue weighted by atomic mass is 19.1. The van der Waals surface area contributed by atoms with Crippen LogP contribution in [-0.2, 0) is 4.79 Å². The summed E-state index contributed by atoms with van der Waals surface area (Å²) in [7, 11) is 0. The van der Waals surface area contributed by atoms with Crippen LogP contribution in [0.3, 0.4) is 0 Å². The van der Waals surface area contributed by atoms with Crippen LogP contribution in [0.4, 0.5) is 10.1 Å². The van der Waals surface area contributed by atoms with E-state index in [1.807, 2.05) is 18.2 Å². The Bertz CT molecular complexity index is 864. The number of anilines is 1. The fraction of sp³-hybridized carbons (Fsp3) is 0.300. The van der Waals surface area contributed by atoms with Gasteiger partial charge in [0.25, 0.3) is 11.8 Å². The Labute approximate surface area is 156 Å². The maximum Gasteiger partial charge on any atom is 0.260 e. The van der Waals surface area contributed by atoms with E-state index in [9.17, 15) is 14.0 Å². The number of nitrogens with one attached hydrogen (secondary N) is 2. The molecule has 0 bridgehead atoms. The fourth-order valence-electron chi connectivity index (χ4n) is 3.57. The molecule has 0 unspecified atom stereocenters. The molecule has 1 saturated heterocycles. The van der Waals surface area contributed by atoms with E-state index < -0.39 is 17.4 Å². The van der Waals surface area contributed by atoms with Crippen LogP contribution in [0.5, 0.6) is 5.75 Å². The summed E-state index contributed by atoms with van der Waals surface area (Å²) in [5, 5.41) is 6.15. The largest absolute Gasteiger partial charge is 0.484 e. The first-order chi connectivity index (χ1) is 13.1. The van der Waals surface area contributed by atoms with E-state index in [1.54, 1.807) is 29.2 Å². The van der Waals surface area contributed by atoms with E-state index in [-0.39, 0.29) is 18.1 Å². The monoisotopic (exact) mass is 369 g/mol. The molecule has 27 heavy (non-hydrogen) atoms. The number of piperidine rings is 1. The number of carbonyl (C=O) groups is 2. The molecular weight excluding hydrogens is 349 g/mol. The fourth-order valence-corrected chi connectivity index (χ4v) is 3.57. The van der Waals surface area contributed by atoms with Crippen molar-refractivity contribution in [3.63, 3.8) is 0 Å². The number of likely N-dealkylation sites (tertiary alicyclic amines) is 1. The number of fused-ring (bicyclic) bond motifs is 1. The molecule has 2 aliphatic rings. The van der Waals surface area contributed by atoms with Crippen molar-refractivity contribution in [3.8, 4) is 5.75 Å². The Morgan fingerprint density at radius 1 is 1.07 bits per heavy atom. The van der Waals surface area contributed by atoms with E-state index in [4.69, 9.17) is 4.74 Å². The van der Waals surface area contributed by atoms with Gasteiger partial charge in [-0.25, -0.2) is 4.39 Å². The number of nitrogens with zero attached hydrogens (tertiary/aromatic N) is 1. The number of carbonyl (C=O) groups excluding carboxylic acids is 2. The Hall–Kier alpha value is -3.09. The van der Waals surface area contributed by atoms with Crippen LogP contribution in [-0.4, -0.2) is 42.1 Å². The molecule has 2 amide bonds. The van der Waals surface area contributed by atoms with Crippen LogP contribution < -0.4 is 15.4 Å². The molecule has 1 spiro atoms. The van der Waals surface area contributed by atoms with Gasteiger partial charge in [0.2, 0.25) is 0 Å². The van der Waals surface area contributed by atoms with Crippen LogP contribution in [0, 0.1) is 5.82 Å². The number of rotatable bonds is 3. The molecule has 0 aromatic heterocycles. The summed E-state index contributed by atoms with van der Waals surface area (Å²) in [5.41, 5.74) is -0.126. The van der Waals surface area contributed by atoms with Crippen LogP contribution in [0.1, 0.15) is 23.2 Å². The highest BCUT2D eigenvalue weighted by molar-refractivity contribution is 6.02. The first kappa shape index (κ1) is 17.3. The van der Waals surface area contributed by atoms with Crippen molar-refractivity contribution in [2.24, 2.45) is 0 Å². The minimum atomic E-state index is -0.658. The molecule has 0 atom stereocenters. The van der Waals surface area contributed by atoms with Crippen molar-refractivity contribution in [1.82, 2.24) is 10.2 Å². The average Bonchev–Trinajstić information content (AvgIpc) is 2.67. The van der Waals surface area contributed by atoms with Gasteiger partial charge in [-0.15, -0.1) is 0 Å². The SMILES string of the molecule is O=C1NC2(CCN(C(=O)COc3ccccc3)CC2)Nc2cccc(F)c21. The number of amides is 2. The lowest BCUT2D eigenvalue weighted by Crippen LogP contribution is -2.63. The van der Waals surface area contributed by atoms with Gasteiger partial charge >= 0.3 is 0 Å². The second-order valence-corrected chi connectivity index (χ2v) is 6.81. The molecule has 6 nitrogen and oxygen atoms in total. The number of para-hydroxylation sites is 1. The predicted octanol–water partition coefficient (Wildman–Crippen LogP) is 2.38. The second-order valence-electron chi connectivity index (χ2n) is 6.81. The molecule has 2 N–H and O–H groups in total. The van der Waals surface area contributed by atoms with Gasteiger partial charge in [0, 0.05) is 25.9 Å². The minimum Gasteiger partial charge on any atom is -0.484 e. The van der Waals surface area contributed by atoms with Gasteiger partial charge in [-0.3, -0.25) is 9.59 Å². The smallest absolute Gasteiger partial charge is 0.260 e. The quantitative estimate of drug-likeness (QED) is 0.872. The Kier molecular flexibility index (Phi) is 4.43. The third-order valence-electron chi connectivity index (χ3n) is 5.04. The van der Waals surface area contributed by atoms with Crippen LogP contribution in [0.25, 0.3) is 0 Å². The zero-order valence-electron chi connectivity index (χ0n) is 14.7. The van der Waals surface area contributed by atoms with Gasteiger partial charge < -0.3 is 20.3 Å². The summed E-state index contributed by atoms with van der Waals surface area (Å²) in [5.74, 6) is -0.409. The number of hydrogen-bond donors (Lipinski definition) is 2. The van der Waals surface area contributed by atoms with Gasteiger partial charge in [-0.1, -0.05) is 24.3 Å². The molecule has 0 radical (unpaired) electrons. The molecule has 2 aromatic carbocycles. The van der Waals surface area contributed by atoms with E-state index in [2.05, 4.69) is 10.6 Å². The normalized spacial score (nSPS) is 17.7. The Balaban J connectivity index is 1.37. The molecular formula is C20H20FN3O3. The van der Waals surface area contributed by atoms with E-state index >= 15 is 0 Å². The van der Waals surface area contributed by atoms with Crippen LogP contribution >= 0.6 is 0 Å². The van der Waals surface area contributed by atoms with Gasteiger partial charge in [0.15, 0.2) is 6.61 Å². The van der Waals surface area contributed by atoms with Crippen LogP contribution in [0.2, 0.25) is 0 Å². The Morgan fingerprint density at radius 3 is 2.56 bits per heavy atom. The lowest BCUT2D eigenvalue weighted by atomic mass is 9.92. The number of halogens is 1. The average molecular weight is 369 g/mol. The summed E-state index contributed by atoms with van der Waals surface area (Å²) >= 11 is 0. The predicted molar refractivity (Wildman–Crippen MR) is 98.0 cm³/mol. The van der Waals surface area contributed by atoms with Crippen molar-refractivity contribution in [2.75, 3.05) is 25.0 Å². The van der Waals surface area contributed by atoms with Crippen molar-refractivity contribution in [3.05, 3.63) is 59.9 Å². The van der Waals surface area contributed by atoms with E-state index in [1.165, 1.54) is 6.07 Å². The maximum absolute atomic E-state index is 13.9. The molecule has 140 valence electrons. The van der Waals surface area contributed by atoms with Crippen molar-refractivity contribution in [2.45, 2.75) is 18.5 Å². The first-order valence-corrected chi connectivity index (χ1v) is 8.91. The molecule has 2 heterocycles. The molecule has 4 rings (SSSR count). The van der Waals surface area contributed by atoms with Gasteiger partial charge in [-0.05, 0) is 24.3 Å². The summed E-state index contributed by atoms with van der Waals surface area (Å²) in [4.78, 5) is 26.5. The third kappa shape index (κ3) is 3.45. The molecule has 2 aromatic rings. The number of benzene rings is 2. The lowest BCUT2D eigenvalue weighted by Gasteiger charge is -2.45. The number of ether oxygens (including phenoxy) is 1. The first-order valence-electron chi connectivity index (χ1n) is 8.91. The summed E-state index contributed by atoms with van der Waals surface area (Å²) in [6, 6.07) is 13.7. The Morgan fingerprint density at radius 2 is 1.81 bits per heavy atom. The van der Waals surface area contributed by atoms with Crippen molar-refractivity contribution >= 4 is 17.5 Å². The second kappa shape index (κ2) is 6.90. The molecule has 0 saturated carbocycles. The molecule has 7 heteroatoms. The molecule has 0 aliphatic carbocycles. The van der Waals surface area contributed by atoms with Crippen molar-refractivity contribution < 1.29 is 18.7 Å². The van der Waals surface area contributed by atoms with Gasteiger partial charge in [-0.2, -0.15) is 0 Å². The summed E-state index contributed by atoms with van der Waals surface area (Å²) < 4.78 is 19.4. The summed E-state index contributed by atoms with van der Waals surface area (Å²) in [6.45, 7) is 0.939. The maximum atomic E-state index is 13.9. The minimum absolute atomic E-state index is 0.0230. The summed E-state index contributed by atoms with van der Waals surface area (Å²) in [6.07, 6.45) is 1.07. The van der Waals surface area contributed by atoms with Crippen molar-refractivity contribution in [1.29, 1.82) is 0 Å². The molecule has 2 aliphatic heterocycles. The topological polar surface area (TPSA) is 70.7 Å². The van der Waals surface area contributed by atoms with E-state index in [0.717, 1.165) is 0 Å². The molecule has 1 fully saturated rings.